The van der Waals surface area contributed by atoms with Crippen molar-refractivity contribution in [1.29, 1.82) is 0 Å². The van der Waals surface area contributed by atoms with Crippen LogP contribution in [-0.2, 0) is 9.53 Å². The second kappa shape index (κ2) is 8.99. The molecule has 0 spiro atoms. The molecule has 1 unspecified atom stereocenters. The highest BCUT2D eigenvalue weighted by Crippen LogP contribution is 2.23. The van der Waals surface area contributed by atoms with Crippen LogP contribution in [0.15, 0.2) is 29.2 Å². The Kier molecular flexibility index (Phi) is 7.60. The van der Waals surface area contributed by atoms with Gasteiger partial charge in [0.15, 0.2) is 0 Å². The van der Waals surface area contributed by atoms with Crippen LogP contribution < -0.4 is 4.90 Å². The van der Waals surface area contributed by atoms with Crippen molar-refractivity contribution in [2.24, 2.45) is 0 Å². The molecule has 19 heavy (non-hydrogen) atoms. The third-order valence-corrected chi connectivity index (χ3v) is 3.55. The van der Waals surface area contributed by atoms with Gasteiger partial charge in [0.25, 0.3) is 0 Å². The lowest BCUT2D eigenvalue weighted by Crippen LogP contribution is -2.41. The SMILES string of the molecule is CCC=O.CSc1cccc(N2CCOC(C)C2)c1. The number of aldehydes is 1. The van der Waals surface area contributed by atoms with Crippen LogP contribution in [0, 0.1) is 0 Å². The van der Waals surface area contributed by atoms with E-state index in [0.717, 1.165) is 26.0 Å². The number of rotatable bonds is 3. The van der Waals surface area contributed by atoms with Crippen molar-refractivity contribution >= 4 is 23.7 Å². The van der Waals surface area contributed by atoms with Crippen LogP contribution in [0.1, 0.15) is 20.3 Å². The number of ether oxygens (including phenoxy) is 1. The summed E-state index contributed by atoms with van der Waals surface area (Å²) in [5, 5.41) is 0. The normalized spacial score (nSPS) is 18.5. The molecule has 3 nitrogen and oxygen atoms in total. The first kappa shape index (κ1) is 16.1. The van der Waals surface area contributed by atoms with Gasteiger partial charge >= 0.3 is 0 Å². The van der Waals surface area contributed by atoms with Gasteiger partial charge in [-0.05, 0) is 31.4 Å². The van der Waals surface area contributed by atoms with Gasteiger partial charge in [-0.25, -0.2) is 0 Å². The van der Waals surface area contributed by atoms with Gasteiger partial charge in [0, 0.05) is 30.1 Å². The molecular formula is C15H23NO2S. The van der Waals surface area contributed by atoms with E-state index in [2.05, 4.69) is 42.3 Å². The Morgan fingerprint density at radius 1 is 1.53 bits per heavy atom. The molecule has 0 aromatic heterocycles. The van der Waals surface area contributed by atoms with E-state index in [1.165, 1.54) is 10.6 Å². The summed E-state index contributed by atoms with van der Waals surface area (Å²) in [6, 6.07) is 8.71. The smallest absolute Gasteiger partial charge is 0.119 e. The number of morpholine rings is 1. The van der Waals surface area contributed by atoms with Gasteiger partial charge in [0.2, 0.25) is 0 Å². The number of thioether (sulfide) groups is 1. The number of hydrogen-bond donors (Lipinski definition) is 0. The average molecular weight is 281 g/mol. The van der Waals surface area contributed by atoms with E-state index in [0.29, 0.717) is 12.5 Å². The van der Waals surface area contributed by atoms with Gasteiger partial charge in [-0.15, -0.1) is 11.8 Å². The van der Waals surface area contributed by atoms with Crippen molar-refractivity contribution in [3.8, 4) is 0 Å². The number of carbonyl (C=O) groups excluding carboxylic acids is 1. The summed E-state index contributed by atoms with van der Waals surface area (Å²) in [7, 11) is 0. The van der Waals surface area contributed by atoms with E-state index < -0.39 is 0 Å². The van der Waals surface area contributed by atoms with Crippen molar-refractivity contribution < 1.29 is 9.53 Å². The maximum atomic E-state index is 9.17. The predicted molar refractivity (Wildman–Crippen MR) is 82.2 cm³/mol. The fourth-order valence-corrected chi connectivity index (χ4v) is 2.31. The largest absolute Gasteiger partial charge is 0.375 e. The first-order valence-electron chi connectivity index (χ1n) is 6.65. The number of nitrogens with zero attached hydrogens (tertiary/aromatic N) is 1. The zero-order chi connectivity index (χ0) is 14.1. The van der Waals surface area contributed by atoms with E-state index in [-0.39, 0.29) is 0 Å². The molecule has 0 bridgehead atoms. The van der Waals surface area contributed by atoms with E-state index in [9.17, 15) is 4.79 Å². The van der Waals surface area contributed by atoms with E-state index in [1.54, 1.807) is 11.8 Å². The van der Waals surface area contributed by atoms with Crippen molar-refractivity contribution in [2.75, 3.05) is 30.9 Å². The fourth-order valence-electron chi connectivity index (χ4n) is 1.86. The minimum Gasteiger partial charge on any atom is -0.375 e. The number of carbonyl (C=O) groups is 1. The minimum atomic E-state index is 0.344. The van der Waals surface area contributed by atoms with Crippen molar-refractivity contribution in [2.45, 2.75) is 31.3 Å². The van der Waals surface area contributed by atoms with E-state index >= 15 is 0 Å². The third kappa shape index (κ3) is 5.66. The molecule has 4 heteroatoms. The van der Waals surface area contributed by atoms with Crippen LogP contribution in [0.2, 0.25) is 0 Å². The molecule has 0 N–H and O–H groups in total. The Balaban J connectivity index is 0.000000399. The molecule has 1 aromatic carbocycles. The highest BCUT2D eigenvalue weighted by molar-refractivity contribution is 7.98. The van der Waals surface area contributed by atoms with Crippen molar-refractivity contribution in [1.82, 2.24) is 0 Å². The monoisotopic (exact) mass is 281 g/mol. The van der Waals surface area contributed by atoms with Gasteiger partial charge in [-0.3, -0.25) is 0 Å². The van der Waals surface area contributed by atoms with Gasteiger partial charge in [0.05, 0.1) is 12.7 Å². The molecular weight excluding hydrogens is 258 g/mol. The van der Waals surface area contributed by atoms with Crippen molar-refractivity contribution in [3.63, 3.8) is 0 Å². The highest BCUT2D eigenvalue weighted by Gasteiger charge is 2.16. The summed E-state index contributed by atoms with van der Waals surface area (Å²) in [6.45, 7) is 6.78. The maximum Gasteiger partial charge on any atom is 0.119 e. The summed E-state index contributed by atoms with van der Waals surface area (Å²) >= 11 is 1.79. The molecule has 0 radical (unpaired) electrons. The molecule has 1 aliphatic rings. The first-order valence-corrected chi connectivity index (χ1v) is 7.88. The molecule has 2 rings (SSSR count). The summed E-state index contributed by atoms with van der Waals surface area (Å²) < 4.78 is 5.54. The Bertz CT molecular complexity index is 384. The van der Waals surface area contributed by atoms with Crippen LogP contribution in [0.5, 0.6) is 0 Å². The summed E-state index contributed by atoms with van der Waals surface area (Å²) in [5.74, 6) is 0. The van der Waals surface area contributed by atoms with Crippen LogP contribution in [-0.4, -0.2) is 38.3 Å². The molecule has 1 aliphatic heterocycles. The van der Waals surface area contributed by atoms with E-state index in [4.69, 9.17) is 4.74 Å². The summed E-state index contributed by atoms with van der Waals surface area (Å²) in [4.78, 5) is 12.9. The number of hydrogen-bond acceptors (Lipinski definition) is 4. The standard InChI is InChI=1S/C12H17NOS.C3H6O/c1-10-9-13(6-7-14-10)11-4-3-5-12(8-11)15-2;1-2-3-4/h3-5,8,10H,6-7,9H2,1-2H3;3H,2H2,1H3. The fraction of sp³-hybridized carbons (Fsp3) is 0.533. The van der Waals surface area contributed by atoms with Gasteiger partial charge in [-0.2, -0.15) is 0 Å². The highest BCUT2D eigenvalue weighted by atomic mass is 32.2. The summed E-state index contributed by atoms with van der Waals surface area (Å²) in [6.07, 6.45) is 3.97. The number of anilines is 1. The minimum absolute atomic E-state index is 0.344. The lowest BCUT2D eigenvalue weighted by atomic mass is 10.2. The topological polar surface area (TPSA) is 29.5 Å². The lowest BCUT2D eigenvalue weighted by molar-refractivity contribution is -0.107. The van der Waals surface area contributed by atoms with Crippen molar-refractivity contribution in [3.05, 3.63) is 24.3 Å². The first-order chi connectivity index (χ1) is 9.21. The van der Waals surface area contributed by atoms with E-state index in [1.807, 2.05) is 6.92 Å². The summed E-state index contributed by atoms with van der Waals surface area (Å²) in [5.41, 5.74) is 1.32. The zero-order valence-corrected chi connectivity index (χ0v) is 12.8. The second-order valence-electron chi connectivity index (χ2n) is 4.40. The van der Waals surface area contributed by atoms with Crippen LogP contribution in [0.4, 0.5) is 5.69 Å². The van der Waals surface area contributed by atoms with Gasteiger partial charge in [-0.1, -0.05) is 13.0 Å². The predicted octanol–water partition coefficient (Wildman–Crippen LogP) is 3.23. The van der Waals surface area contributed by atoms with Gasteiger partial charge in [0.1, 0.15) is 6.29 Å². The molecule has 0 saturated carbocycles. The zero-order valence-electron chi connectivity index (χ0n) is 12.0. The van der Waals surface area contributed by atoms with Gasteiger partial charge < -0.3 is 14.4 Å². The molecule has 1 atom stereocenters. The van der Waals surface area contributed by atoms with Crippen LogP contribution in [0.25, 0.3) is 0 Å². The lowest BCUT2D eigenvalue weighted by Gasteiger charge is -2.33. The Hall–Kier alpha value is -1.00. The number of benzene rings is 1. The molecule has 1 saturated heterocycles. The average Bonchev–Trinajstić information content (AvgIpc) is 2.47. The second-order valence-corrected chi connectivity index (χ2v) is 5.28. The third-order valence-electron chi connectivity index (χ3n) is 2.83. The molecule has 1 fully saturated rings. The molecule has 0 aliphatic carbocycles. The Morgan fingerprint density at radius 2 is 2.26 bits per heavy atom. The quantitative estimate of drug-likeness (QED) is 0.628. The molecule has 0 amide bonds. The van der Waals surface area contributed by atoms with Crippen LogP contribution >= 0.6 is 11.8 Å². The molecule has 1 aromatic rings. The maximum absolute atomic E-state index is 9.17. The van der Waals surface area contributed by atoms with Crippen LogP contribution in [0.3, 0.4) is 0 Å². The Morgan fingerprint density at radius 3 is 2.84 bits per heavy atom. The molecule has 1 heterocycles. The molecule has 106 valence electrons. The Labute approximate surface area is 120 Å².